The van der Waals surface area contributed by atoms with E-state index in [1.807, 2.05) is 38.6 Å². The summed E-state index contributed by atoms with van der Waals surface area (Å²) in [6.07, 6.45) is 4.73. The van der Waals surface area contributed by atoms with E-state index in [0.29, 0.717) is 28.0 Å². The Morgan fingerprint density at radius 3 is 2.86 bits per heavy atom. The van der Waals surface area contributed by atoms with Crippen LogP contribution in [-0.2, 0) is 14.1 Å². The smallest absolute Gasteiger partial charge is 0.264 e. The van der Waals surface area contributed by atoms with Crippen molar-refractivity contribution in [3.63, 3.8) is 0 Å². The highest BCUT2D eigenvalue weighted by Gasteiger charge is 2.26. The summed E-state index contributed by atoms with van der Waals surface area (Å²) in [5.74, 6) is 0.683. The number of nitrogens with one attached hydrogen (secondary N) is 2. The minimum atomic E-state index is -0.0866. The fourth-order valence-corrected chi connectivity index (χ4v) is 4.52. The number of halogens is 1. The maximum atomic E-state index is 13.3. The Balaban J connectivity index is 1.67. The zero-order valence-corrected chi connectivity index (χ0v) is 17.3. The summed E-state index contributed by atoms with van der Waals surface area (Å²) >= 11 is 6.69. The minimum Gasteiger partial charge on any atom is -0.345 e. The van der Waals surface area contributed by atoms with Crippen LogP contribution in [0.1, 0.15) is 6.42 Å². The molecule has 1 fully saturated rings. The van der Waals surface area contributed by atoms with E-state index in [2.05, 4.69) is 20.3 Å². The van der Waals surface area contributed by atoms with Gasteiger partial charge in [-0.25, -0.2) is 0 Å². The van der Waals surface area contributed by atoms with Crippen LogP contribution in [0.2, 0.25) is 5.02 Å². The first-order chi connectivity index (χ1) is 14.0. The van der Waals surface area contributed by atoms with Gasteiger partial charge in [0.25, 0.3) is 5.56 Å². The van der Waals surface area contributed by atoms with Crippen LogP contribution < -0.4 is 15.8 Å². The Hall–Kier alpha value is -2.84. The lowest BCUT2D eigenvalue weighted by Crippen LogP contribution is -2.33. The van der Waals surface area contributed by atoms with Crippen molar-refractivity contribution in [2.24, 2.45) is 14.1 Å². The summed E-state index contributed by atoms with van der Waals surface area (Å²) in [4.78, 5) is 23.4. The predicted molar refractivity (Wildman–Crippen MR) is 116 cm³/mol. The summed E-state index contributed by atoms with van der Waals surface area (Å²) in [5, 5.41) is 9.68. The van der Waals surface area contributed by atoms with E-state index in [0.717, 1.165) is 41.5 Å². The number of anilines is 1. The molecule has 1 atom stereocenters. The molecule has 0 radical (unpaired) electrons. The second-order valence-electron chi connectivity index (χ2n) is 7.58. The van der Waals surface area contributed by atoms with Gasteiger partial charge in [0.05, 0.1) is 15.9 Å². The Kier molecular flexibility index (Phi) is 4.15. The Morgan fingerprint density at radius 2 is 2.10 bits per heavy atom. The molecule has 0 unspecified atom stereocenters. The molecule has 0 saturated carbocycles. The zero-order valence-electron chi connectivity index (χ0n) is 16.5. The average Bonchev–Trinajstić information content (AvgIpc) is 3.42. The monoisotopic (exact) mass is 411 g/mol. The largest absolute Gasteiger partial charge is 0.345 e. The number of aromatic amines is 1. The van der Waals surface area contributed by atoms with Crippen molar-refractivity contribution >= 4 is 39.5 Å². The summed E-state index contributed by atoms with van der Waals surface area (Å²) in [6, 6.07) is 4.24. The van der Waals surface area contributed by atoms with E-state index in [4.69, 9.17) is 16.6 Å². The van der Waals surface area contributed by atoms with Crippen LogP contribution in [0.15, 0.2) is 29.3 Å². The first-order valence-corrected chi connectivity index (χ1v) is 9.98. The number of aryl methyl sites for hydroxylation is 1. The molecule has 0 spiro atoms. The van der Waals surface area contributed by atoms with E-state index in [1.165, 1.54) is 0 Å². The Morgan fingerprint density at radius 1 is 1.28 bits per heavy atom. The summed E-state index contributed by atoms with van der Waals surface area (Å²) in [5.41, 5.74) is 2.86. The first-order valence-electron chi connectivity index (χ1n) is 9.60. The van der Waals surface area contributed by atoms with Crippen LogP contribution in [0.25, 0.3) is 33.1 Å². The molecule has 1 aliphatic rings. The van der Waals surface area contributed by atoms with Crippen LogP contribution in [0.4, 0.5) is 5.95 Å². The molecule has 3 aromatic heterocycles. The average molecular weight is 412 g/mol. The van der Waals surface area contributed by atoms with Gasteiger partial charge in [0.15, 0.2) is 0 Å². The maximum absolute atomic E-state index is 13.3. The number of hydrogen-bond donors (Lipinski definition) is 2. The molecule has 1 aromatic carbocycles. The number of fused-ring (bicyclic) bond motifs is 2. The molecule has 8 nitrogen and oxygen atoms in total. The Bertz CT molecular complexity index is 1300. The molecule has 0 amide bonds. The normalized spacial score (nSPS) is 17.1. The van der Waals surface area contributed by atoms with Crippen LogP contribution in [0.5, 0.6) is 0 Å². The third kappa shape index (κ3) is 2.74. The third-order valence-electron chi connectivity index (χ3n) is 5.80. The lowest BCUT2D eigenvalue weighted by Gasteiger charge is -2.20. The quantitative estimate of drug-likeness (QED) is 0.540. The molecule has 5 rings (SSSR count). The van der Waals surface area contributed by atoms with Gasteiger partial charge in [-0.05, 0) is 19.5 Å². The van der Waals surface area contributed by atoms with Crippen molar-refractivity contribution in [3.05, 3.63) is 39.9 Å². The summed E-state index contributed by atoms with van der Waals surface area (Å²) in [6.45, 7) is 1.70. The SMILES string of the molecule is CN[C@H]1CCN(c2nc3[nH]cc(-c4ccc5nn(C)cc5c4Cl)c3c(=O)n2C)C1. The maximum Gasteiger partial charge on any atom is 0.264 e. The van der Waals surface area contributed by atoms with Gasteiger partial charge in [-0.1, -0.05) is 17.7 Å². The van der Waals surface area contributed by atoms with Crippen LogP contribution >= 0.6 is 11.6 Å². The number of hydrogen-bond acceptors (Lipinski definition) is 5. The van der Waals surface area contributed by atoms with E-state index >= 15 is 0 Å². The Labute approximate surface area is 172 Å². The topological polar surface area (TPSA) is 83.8 Å². The number of nitrogens with zero attached hydrogens (tertiary/aromatic N) is 5. The number of aromatic nitrogens is 5. The van der Waals surface area contributed by atoms with Gasteiger partial charge in [0, 0.05) is 62.1 Å². The van der Waals surface area contributed by atoms with Crippen molar-refractivity contribution in [1.82, 2.24) is 29.6 Å². The molecule has 29 heavy (non-hydrogen) atoms. The van der Waals surface area contributed by atoms with Crippen molar-refractivity contribution in [3.8, 4) is 11.1 Å². The van der Waals surface area contributed by atoms with Crippen LogP contribution in [0, 0.1) is 0 Å². The van der Waals surface area contributed by atoms with Gasteiger partial charge < -0.3 is 15.2 Å². The van der Waals surface area contributed by atoms with Crippen LogP contribution in [0.3, 0.4) is 0 Å². The number of likely N-dealkylation sites (N-methyl/N-ethyl adjacent to an activating group) is 1. The fraction of sp³-hybridized carbons (Fsp3) is 0.350. The first kappa shape index (κ1) is 18.2. The second-order valence-corrected chi connectivity index (χ2v) is 7.96. The fourth-order valence-electron chi connectivity index (χ4n) is 4.21. The van der Waals surface area contributed by atoms with Crippen molar-refractivity contribution < 1.29 is 0 Å². The number of benzene rings is 1. The minimum absolute atomic E-state index is 0.0866. The highest BCUT2D eigenvalue weighted by atomic mass is 35.5. The van der Waals surface area contributed by atoms with Gasteiger partial charge in [-0.2, -0.15) is 10.1 Å². The van der Waals surface area contributed by atoms with Crippen molar-refractivity contribution in [2.45, 2.75) is 12.5 Å². The molecule has 1 saturated heterocycles. The molecular weight excluding hydrogens is 390 g/mol. The van der Waals surface area contributed by atoms with Gasteiger partial charge in [0.2, 0.25) is 5.95 Å². The molecule has 4 aromatic rings. The van der Waals surface area contributed by atoms with Crippen LogP contribution in [-0.4, -0.2) is 50.5 Å². The van der Waals surface area contributed by atoms with Crippen molar-refractivity contribution in [1.29, 1.82) is 0 Å². The highest BCUT2D eigenvalue weighted by molar-refractivity contribution is 6.38. The van der Waals surface area contributed by atoms with Gasteiger partial charge in [0.1, 0.15) is 5.65 Å². The molecule has 4 heterocycles. The zero-order chi connectivity index (χ0) is 20.3. The molecule has 1 aliphatic heterocycles. The molecular formula is C20H22ClN7O. The number of H-pyrrole nitrogens is 1. The standard InChI is InChI=1S/C20H22ClN7O/c1-22-11-6-7-28(9-11)20-24-18-16(19(29)27(20)3)13(8-23-18)12-4-5-15-14(17(12)21)10-26(2)25-15/h4-5,8,10-11,22-23H,6-7,9H2,1-3H3/t11-/m0/s1. The van der Waals surface area contributed by atoms with Gasteiger partial charge in [-0.3, -0.25) is 14.0 Å². The molecule has 9 heteroatoms. The van der Waals surface area contributed by atoms with E-state index in [-0.39, 0.29) is 5.56 Å². The van der Waals surface area contributed by atoms with E-state index in [1.54, 1.807) is 16.3 Å². The van der Waals surface area contributed by atoms with E-state index in [9.17, 15) is 4.79 Å². The molecule has 150 valence electrons. The predicted octanol–water partition coefficient (Wildman–Crippen LogP) is 2.27. The summed E-state index contributed by atoms with van der Waals surface area (Å²) in [7, 11) is 5.60. The molecule has 2 N–H and O–H groups in total. The molecule has 0 bridgehead atoms. The lowest BCUT2D eigenvalue weighted by atomic mass is 10.0. The lowest BCUT2D eigenvalue weighted by molar-refractivity contribution is 0.615. The third-order valence-corrected chi connectivity index (χ3v) is 6.20. The molecule has 0 aliphatic carbocycles. The van der Waals surface area contributed by atoms with Gasteiger partial charge in [-0.15, -0.1) is 0 Å². The highest BCUT2D eigenvalue weighted by Crippen LogP contribution is 2.36. The van der Waals surface area contributed by atoms with E-state index < -0.39 is 0 Å². The summed E-state index contributed by atoms with van der Waals surface area (Å²) < 4.78 is 3.37. The van der Waals surface area contributed by atoms with Crippen molar-refractivity contribution in [2.75, 3.05) is 25.0 Å². The second kappa shape index (κ2) is 6.60. The number of rotatable bonds is 3. The van der Waals surface area contributed by atoms with Gasteiger partial charge >= 0.3 is 0 Å².